The topological polar surface area (TPSA) is 46.2 Å². The minimum absolute atomic E-state index is 0.687. The molecule has 0 aromatic heterocycles. The molecular weight excluding hydrogens is 242 g/mol. The SMILES string of the molecule is Nc1ccc(Br)cc1C1(O)CCCC1. The van der Waals surface area contributed by atoms with Crippen molar-refractivity contribution in [2.24, 2.45) is 0 Å². The first-order valence-electron chi connectivity index (χ1n) is 4.90. The van der Waals surface area contributed by atoms with Crippen molar-refractivity contribution in [2.45, 2.75) is 31.3 Å². The average Bonchev–Trinajstić information content (AvgIpc) is 2.58. The van der Waals surface area contributed by atoms with Crippen molar-refractivity contribution in [1.29, 1.82) is 0 Å². The van der Waals surface area contributed by atoms with E-state index in [-0.39, 0.29) is 0 Å². The van der Waals surface area contributed by atoms with Gasteiger partial charge in [-0.1, -0.05) is 28.8 Å². The van der Waals surface area contributed by atoms with E-state index in [9.17, 15) is 5.11 Å². The zero-order valence-electron chi connectivity index (χ0n) is 7.96. The van der Waals surface area contributed by atoms with Crippen LogP contribution in [0.4, 0.5) is 5.69 Å². The highest BCUT2D eigenvalue weighted by Crippen LogP contribution is 2.41. The van der Waals surface area contributed by atoms with Crippen molar-refractivity contribution in [3.8, 4) is 0 Å². The maximum absolute atomic E-state index is 10.4. The molecule has 1 saturated carbocycles. The van der Waals surface area contributed by atoms with Crippen LogP contribution in [0.1, 0.15) is 31.2 Å². The molecule has 0 radical (unpaired) electrons. The zero-order chi connectivity index (χ0) is 10.2. The first-order chi connectivity index (χ1) is 6.62. The second-order valence-corrected chi connectivity index (χ2v) is 4.89. The highest BCUT2D eigenvalue weighted by molar-refractivity contribution is 9.10. The molecule has 0 unspecified atom stereocenters. The summed E-state index contributed by atoms with van der Waals surface area (Å²) >= 11 is 3.40. The van der Waals surface area contributed by atoms with Gasteiger partial charge < -0.3 is 10.8 Å². The summed E-state index contributed by atoms with van der Waals surface area (Å²) in [4.78, 5) is 0. The van der Waals surface area contributed by atoms with Crippen molar-refractivity contribution >= 4 is 21.6 Å². The van der Waals surface area contributed by atoms with Crippen molar-refractivity contribution in [2.75, 3.05) is 5.73 Å². The Labute approximate surface area is 92.3 Å². The molecule has 76 valence electrons. The van der Waals surface area contributed by atoms with Gasteiger partial charge in [-0.15, -0.1) is 0 Å². The van der Waals surface area contributed by atoms with Crippen LogP contribution in [0.2, 0.25) is 0 Å². The molecule has 0 saturated heterocycles. The Balaban J connectivity index is 2.44. The van der Waals surface area contributed by atoms with Crippen LogP contribution in [-0.4, -0.2) is 5.11 Å². The van der Waals surface area contributed by atoms with Crippen molar-refractivity contribution in [1.82, 2.24) is 0 Å². The van der Waals surface area contributed by atoms with E-state index in [4.69, 9.17) is 5.73 Å². The Morgan fingerprint density at radius 1 is 1.29 bits per heavy atom. The second-order valence-electron chi connectivity index (χ2n) is 3.97. The van der Waals surface area contributed by atoms with Crippen LogP contribution in [-0.2, 0) is 5.60 Å². The van der Waals surface area contributed by atoms with Crippen LogP contribution < -0.4 is 5.73 Å². The summed E-state index contributed by atoms with van der Waals surface area (Å²) in [6.07, 6.45) is 3.83. The highest BCUT2D eigenvalue weighted by atomic mass is 79.9. The molecule has 3 heteroatoms. The van der Waals surface area contributed by atoms with Crippen LogP contribution >= 0.6 is 15.9 Å². The third-order valence-corrected chi connectivity index (χ3v) is 3.44. The molecular formula is C11H14BrNO. The first-order valence-corrected chi connectivity index (χ1v) is 5.69. The van der Waals surface area contributed by atoms with E-state index in [0.717, 1.165) is 35.7 Å². The number of benzene rings is 1. The molecule has 2 nitrogen and oxygen atoms in total. The number of nitrogens with two attached hydrogens (primary N) is 1. The fourth-order valence-electron chi connectivity index (χ4n) is 2.16. The number of nitrogen functional groups attached to an aromatic ring is 1. The fourth-order valence-corrected chi connectivity index (χ4v) is 2.52. The molecule has 1 aliphatic rings. The number of hydrogen-bond donors (Lipinski definition) is 2. The molecule has 1 aromatic rings. The molecule has 0 amide bonds. The lowest BCUT2D eigenvalue weighted by atomic mass is 9.91. The van der Waals surface area contributed by atoms with Crippen molar-refractivity contribution in [3.63, 3.8) is 0 Å². The Kier molecular flexibility index (Phi) is 2.54. The van der Waals surface area contributed by atoms with E-state index in [1.807, 2.05) is 18.2 Å². The van der Waals surface area contributed by atoms with Gasteiger partial charge in [0.1, 0.15) is 0 Å². The third-order valence-electron chi connectivity index (χ3n) is 2.95. The molecule has 1 fully saturated rings. The lowest BCUT2D eigenvalue weighted by Crippen LogP contribution is -2.22. The minimum Gasteiger partial charge on any atom is -0.398 e. The fraction of sp³-hybridized carbons (Fsp3) is 0.455. The average molecular weight is 256 g/mol. The Morgan fingerprint density at radius 2 is 1.93 bits per heavy atom. The Bertz CT molecular complexity index is 345. The van der Waals surface area contributed by atoms with E-state index >= 15 is 0 Å². The van der Waals surface area contributed by atoms with Gasteiger partial charge >= 0.3 is 0 Å². The molecule has 3 N–H and O–H groups in total. The Morgan fingerprint density at radius 3 is 2.57 bits per heavy atom. The maximum Gasteiger partial charge on any atom is 0.0916 e. The molecule has 14 heavy (non-hydrogen) atoms. The zero-order valence-corrected chi connectivity index (χ0v) is 9.55. The van der Waals surface area contributed by atoms with E-state index in [2.05, 4.69) is 15.9 Å². The Hall–Kier alpha value is -0.540. The first kappa shape index (κ1) is 9.99. The largest absolute Gasteiger partial charge is 0.398 e. The number of rotatable bonds is 1. The lowest BCUT2D eigenvalue weighted by molar-refractivity contribution is 0.0452. The van der Waals surface area contributed by atoms with Crippen LogP contribution in [0.3, 0.4) is 0 Å². The predicted molar refractivity (Wildman–Crippen MR) is 60.9 cm³/mol. The van der Waals surface area contributed by atoms with Crippen LogP contribution in [0.15, 0.2) is 22.7 Å². The normalized spacial score (nSPS) is 19.9. The lowest BCUT2D eigenvalue weighted by Gasteiger charge is -2.24. The summed E-state index contributed by atoms with van der Waals surface area (Å²) in [5, 5.41) is 10.4. The molecule has 1 aromatic carbocycles. The van der Waals surface area contributed by atoms with E-state index in [1.54, 1.807) is 0 Å². The summed E-state index contributed by atoms with van der Waals surface area (Å²) in [7, 11) is 0. The standard InChI is InChI=1S/C11H14BrNO/c12-8-3-4-10(13)9(7-8)11(14)5-1-2-6-11/h3-4,7,14H,1-2,5-6,13H2. The molecule has 0 spiro atoms. The van der Waals surface area contributed by atoms with Gasteiger partial charge in [0.05, 0.1) is 5.60 Å². The van der Waals surface area contributed by atoms with Gasteiger partial charge in [-0.25, -0.2) is 0 Å². The summed E-state index contributed by atoms with van der Waals surface area (Å²) in [5.74, 6) is 0. The van der Waals surface area contributed by atoms with E-state index in [0.29, 0.717) is 5.69 Å². The second kappa shape index (κ2) is 3.55. The number of aliphatic hydroxyl groups is 1. The molecule has 2 rings (SSSR count). The summed E-state index contributed by atoms with van der Waals surface area (Å²) in [5.41, 5.74) is 6.76. The van der Waals surface area contributed by atoms with Gasteiger partial charge in [-0.05, 0) is 31.0 Å². The van der Waals surface area contributed by atoms with Crippen LogP contribution in [0, 0.1) is 0 Å². The van der Waals surface area contributed by atoms with Crippen molar-refractivity contribution in [3.05, 3.63) is 28.2 Å². The van der Waals surface area contributed by atoms with Crippen molar-refractivity contribution < 1.29 is 5.11 Å². The van der Waals surface area contributed by atoms with Gasteiger partial charge in [0.2, 0.25) is 0 Å². The van der Waals surface area contributed by atoms with Gasteiger partial charge in [0.25, 0.3) is 0 Å². The molecule has 0 bridgehead atoms. The number of halogens is 1. The van der Waals surface area contributed by atoms with Gasteiger partial charge in [-0.3, -0.25) is 0 Å². The molecule has 0 atom stereocenters. The van der Waals surface area contributed by atoms with E-state index < -0.39 is 5.60 Å². The summed E-state index contributed by atoms with van der Waals surface area (Å²) < 4.78 is 0.974. The number of hydrogen-bond acceptors (Lipinski definition) is 2. The van der Waals surface area contributed by atoms with Gasteiger partial charge in [0.15, 0.2) is 0 Å². The molecule has 0 heterocycles. The molecule has 1 aliphatic carbocycles. The van der Waals surface area contributed by atoms with Crippen LogP contribution in [0.25, 0.3) is 0 Å². The maximum atomic E-state index is 10.4. The summed E-state index contributed by atoms with van der Waals surface area (Å²) in [6, 6.07) is 5.67. The highest BCUT2D eigenvalue weighted by Gasteiger charge is 2.34. The van der Waals surface area contributed by atoms with E-state index in [1.165, 1.54) is 0 Å². The summed E-state index contributed by atoms with van der Waals surface area (Å²) in [6.45, 7) is 0. The van der Waals surface area contributed by atoms with Gasteiger partial charge in [-0.2, -0.15) is 0 Å². The number of anilines is 1. The minimum atomic E-state index is -0.687. The third kappa shape index (κ3) is 1.66. The molecule has 0 aliphatic heterocycles. The predicted octanol–water partition coefficient (Wildman–Crippen LogP) is 2.79. The quantitative estimate of drug-likeness (QED) is 0.759. The van der Waals surface area contributed by atoms with Gasteiger partial charge in [0, 0.05) is 15.7 Å². The monoisotopic (exact) mass is 255 g/mol. The van der Waals surface area contributed by atoms with Crippen LogP contribution in [0.5, 0.6) is 0 Å². The smallest absolute Gasteiger partial charge is 0.0916 e.